The topological polar surface area (TPSA) is 47.9 Å². The quantitative estimate of drug-likeness (QED) is 0.624. The van der Waals surface area contributed by atoms with Crippen LogP contribution in [-0.2, 0) is 14.2 Å². The van der Waals surface area contributed by atoms with E-state index in [-0.39, 0.29) is 12.0 Å². The van der Waals surface area contributed by atoms with Crippen molar-refractivity contribution in [3.8, 4) is 0 Å². The number of aliphatic hydroxyl groups excluding tert-OH is 1. The van der Waals surface area contributed by atoms with Gasteiger partial charge in [-0.25, -0.2) is 0 Å². The second-order valence-corrected chi connectivity index (χ2v) is 4.18. The minimum atomic E-state index is -0.583. The summed E-state index contributed by atoms with van der Waals surface area (Å²) in [6.07, 6.45) is 2.58. The Morgan fingerprint density at radius 2 is 2.00 bits per heavy atom. The van der Waals surface area contributed by atoms with Gasteiger partial charge >= 0.3 is 0 Å². The highest BCUT2D eigenvalue weighted by Gasteiger charge is 2.37. The first-order chi connectivity index (χ1) is 6.58. The third kappa shape index (κ3) is 1.92. The molecule has 1 fully saturated rings. The molecule has 0 aromatic carbocycles. The maximum absolute atomic E-state index is 9.70. The number of hydrogen-bond acceptors (Lipinski definition) is 4. The van der Waals surface area contributed by atoms with E-state index in [1.165, 1.54) is 6.26 Å². The van der Waals surface area contributed by atoms with Crippen molar-refractivity contribution in [1.82, 2.24) is 0 Å². The normalized spacial score (nSPS) is 40.9. The summed E-state index contributed by atoms with van der Waals surface area (Å²) < 4.78 is 16.4. The fourth-order valence-corrected chi connectivity index (χ4v) is 1.68. The molecule has 2 rings (SSSR count). The highest BCUT2D eigenvalue weighted by Crippen LogP contribution is 2.27. The molecule has 4 nitrogen and oxygen atoms in total. The fourth-order valence-electron chi connectivity index (χ4n) is 1.68. The van der Waals surface area contributed by atoms with E-state index < -0.39 is 11.9 Å². The maximum atomic E-state index is 9.70. The summed E-state index contributed by atoms with van der Waals surface area (Å²) in [4.78, 5) is 0. The Balaban J connectivity index is 2.09. The summed E-state index contributed by atoms with van der Waals surface area (Å²) in [6, 6.07) is 0. The summed E-state index contributed by atoms with van der Waals surface area (Å²) >= 11 is 0. The average Bonchev–Trinajstić information content (AvgIpc) is 2.27. The molecule has 0 aliphatic carbocycles. The number of hydrogen-bond donors (Lipinski definition) is 1. The lowest BCUT2D eigenvalue weighted by Gasteiger charge is -2.29. The van der Waals surface area contributed by atoms with E-state index in [9.17, 15) is 5.11 Å². The Bertz CT molecular complexity index is 236. The average molecular weight is 200 g/mol. The molecule has 4 heteroatoms. The van der Waals surface area contributed by atoms with Gasteiger partial charge in [0.25, 0.3) is 0 Å². The third-order valence-electron chi connectivity index (χ3n) is 2.66. The van der Waals surface area contributed by atoms with Gasteiger partial charge < -0.3 is 19.3 Å². The van der Waals surface area contributed by atoms with Gasteiger partial charge in [-0.2, -0.15) is 0 Å². The highest BCUT2D eigenvalue weighted by atomic mass is 16.7. The van der Waals surface area contributed by atoms with Crippen molar-refractivity contribution in [3.63, 3.8) is 0 Å². The Labute approximate surface area is 83.5 Å². The van der Waals surface area contributed by atoms with Crippen molar-refractivity contribution in [2.75, 3.05) is 13.2 Å². The Hall–Kier alpha value is -0.580. The third-order valence-corrected chi connectivity index (χ3v) is 2.66. The van der Waals surface area contributed by atoms with Crippen LogP contribution in [0.2, 0.25) is 0 Å². The molecular formula is C10H16O4. The van der Waals surface area contributed by atoms with Gasteiger partial charge in [-0.05, 0) is 19.9 Å². The zero-order chi connectivity index (χ0) is 10.2. The zero-order valence-electron chi connectivity index (χ0n) is 8.47. The van der Waals surface area contributed by atoms with Crippen molar-refractivity contribution in [2.45, 2.75) is 31.8 Å². The van der Waals surface area contributed by atoms with Crippen molar-refractivity contribution < 1.29 is 19.3 Å². The van der Waals surface area contributed by atoms with Crippen LogP contribution < -0.4 is 0 Å². The second kappa shape index (κ2) is 3.53. The number of fused-ring (bicyclic) bond motifs is 1. The van der Waals surface area contributed by atoms with E-state index in [4.69, 9.17) is 14.2 Å². The monoisotopic (exact) mass is 200 g/mol. The molecule has 2 heterocycles. The van der Waals surface area contributed by atoms with Crippen LogP contribution in [-0.4, -0.2) is 36.3 Å². The molecule has 14 heavy (non-hydrogen) atoms. The van der Waals surface area contributed by atoms with Crippen LogP contribution in [0.1, 0.15) is 13.8 Å². The Morgan fingerprint density at radius 3 is 2.79 bits per heavy atom. The van der Waals surface area contributed by atoms with Crippen molar-refractivity contribution >= 4 is 0 Å². The SMILES string of the molecule is CC1(C)OC[C@H]2[C@H](CO1)OC=C[C@@H]2O. The molecular weight excluding hydrogens is 184 g/mol. The molecule has 2 aliphatic rings. The van der Waals surface area contributed by atoms with Crippen LogP contribution in [0.4, 0.5) is 0 Å². The van der Waals surface area contributed by atoms with E-state index in [2.05, 4.69) is 0 Å². The lowest BCUT2D eigenvalue weighted by Crippen LogP contribution is -2.38. The van der Waals surface area contributed by atoms with E-state index in [0.717, 1.165) is 0 Å². The summed E-state index contributed by atoms with van der Waals surface area (Å²) in [5.41, 5.74) is 0. The molecule has 0 amide bonds. The van der Waals surface area contributed by atoms with Crippen LogP contribution in [0.5, 0.6) is 0 Å². The lowest BCUT2D eigenvalue weighted by atomic mass is 9.95. The van der Waals surface area contributed by atoms with E-state index in [1.54, 1.807) is 6.08 Å². The summed E-state index contributed by atoms with van der Waals surface area (Å²) in [5, 5.41) is 9.70. The lowest BCUT2D eigenvalue weighted by molar-refractivity contribution is -0.204. The molecule has 3 atom stereocenters. The Kier molecular flexibility index (Phi) is 2.51. The van der Waals surface area contributed by atoms with Gasteiger partial charge in [0.2, 0.25) is 0 Å². The van der Waals surface area contributed by atoms with E-state index in [0.29, 0.717) is 13.2 Å². The van der Waals surface area contributed by atoms with Gasteiger partial charge in [-0.15, -0.1) is 0 Å². The molecule has 0 bridgehead atoms. The van der Waals surface area contributed by atoms with Gasteiger partial charge in [-0.1, -0.05) is 0 Å². The first-order valence-electron chi connectivity index (χ1n) is 4.87. The van der Waals surface area contributed by atoms with Crippen molar-refractivity contribution in [3.05, 3.63) is 12.3 Å². The Morgan fingerprint density at radius 1 is 1.29 bits per heavy atom. The zero-order valence-corrected chi connectivity index (χ0v) is 8.47. The van der Waals surface area contributed by atoms with Crippen LogP contribution in [0.15, 0.2) is 12.3 Å². The van der Waals surface area contributed by atoms with Gasteiger partial charge in [0, 0.05) is 0 Å². The molecule has 0 unspecified atom stereocenters. The predicted molar refractivity (Wildman–Crippen MR) is 49.5 cm³/mol. The summed E-state index contributed by atoms with van der Waals surface area (Å²) in [7, 11) is 0. The molecule has 80 valence electrons. The fraction of sp³-hybridized carbons (Fsp3) is 0.800. The molecule has 1 saturated heterocycles. The van der Waals surface area contributed by atoms with Crippen LogP contribution in [0.25, 0.3) is 0 Å². The molecule has 0 aromatic rings. The highest BCUT2D eigenvalue weighted by molar-refractivity contribution is 4.97. The van der Waals surface area contributed by atoms with Crippen molar-refractivity contribution in [2.24, 2.45) is 5.92 Å². The standard InChI is InChI=1S/C10H16O4/c1-10(2)13-5-7-8(11)3-4-12-9(7)6-14-10/h3-4,7-9,11H,5-6H2,1-2H3/t7-,8+,9+/m1/s1. The molecule has 0 radical (unpaired) electrons. The minimum absolute atomic E-state index is 0.0261. The molecule has 0 aromatic heterocycles. The number of aliphatic hydroxyl groups is 1. The van der Waals surface area contributed by atoms with Gasteiger partial charge in [0.1, 0.15) is 6.10 Å². The van der Waals surface area contributed by atoms with Crippen molar-refractivity contribution in [1.29, 1.82) is 0 Å². The van der Waals surface area contributed by atoms with Crippen LogP contribution in [0, 0.1) is 5.92 Å². The summed E-state index contributed by atoms with van der Waals surface area (Å²) in [6.45, 7) is 4.65. The first-order valence-corrected chi connectivity index (χ1v) is 4.87. The van der Waals surface area contributed by atoms with E-state index in [1.807, 2.05) is 13.8 Å². The molecule has 2 aliphatic heterocycles. The minimum Gasteiger partial charge on any atom is -0.495 e. The second-order valence-electron chi connectivity index (χ2n) is 4.18. The van der Waals surface area contributed by atoms with Crippen LogP contribution >= 0.6 is 0 Å². The number of ether oxygens (including phenoxy) is 3. The molecule has 1 N–H and O–H groups in total. The molecule has 0 spiro atoms. The van der Waals surface area contributed by atoms with Gasteiger partial charge in [0.15, 0.2) is 5.79 Å². The van der Waals surface area contributed by atoms with E-state index >= 15 is 0 Å². The predicted octanol–water partition coefficient (Wildman–Crippen LogP) is 0.659. The first kappa shape index (κ1) is 9.96. The summed E-state index contributed by atoms with van der Waals surface area (Å²) in [5.74, 6) is -0.609. The van der Waals surface area contributed by atoms with Gasteiger partial charge in [0.05, 0.1) is 31.5 Å². The van der Waals surface area contributed by atoms with Gasteiger partial charge in [-0.3, -0.25) is 0 Å². The van der Waals surface area contributed by atoms with Crippen LogP contribution in [0.3, 0.4) is 0 Å². The largest absolute Gasteiger partial charge is 0.495 e. The maximum Gasteiger partial charge on any atom is 0.162 e. The molecule has 0 saturated carbocycles. The number of rotatable bonds is 0. The smallest absolute Gasteiger partial charge is 0.162 e.